The van der Waals surface area contributed by atoms with Gasteiger partial charge in [0.1, 0.15) is 5.82 Å². The summed E-state index contributed by atoms with van der Waals surface area (Å²) in [5.41, 5.74) is 0.654. The van der Waals surface area contributed by atoms with E-state index < -0.39 is 0 Å². The number of nitrogens with one attached hydrogen (secondary N) is 2. The minimum Gasteiger partial charge on any atom is -0.336 e. The quantitative estimate of drug-likeness (QED) is 0.866. The van der Waals surface area contributed by atoms with Gasteiger partial charge in [0.25, 0.3) is 0 Å². The summed E-state index contributed by atoms with van der Waals surface area (Å²) in [6, 6.07) is 6.51. The molecule has 110 valence electrons. The number of rotatable bonds is 4. The summed E-state index contributed by atoms with van der Waals surface area (Å²) in [4.78, 5) is 12.1. The molecule has 1 aliphatic carbocycles. The lowest BCUT2D eigenvalue weighted by Gasteiger charge is -2.31. The first-order valence-corrected chi connectivity index (χ1v) is 7.40. The van der Waals surface area contributed by atoms with Crippen LogP contribution in [-0.4, -0.2) is 12.1 Å². The van der Waals surface area contributed by atoms with E-state index in [1.54, 1.807) is 12.1 Å². The minimum atomic E-state index is -0.342. The van der Waals surface area contributed by atoms with Gasteiger partial charge in [0.15, 0.2) is 0 Å². The van der Waals surface area contributed by atoms with E-state index in [-0.39, 0.29) is 23.4 Å². The van der Waals surface area contributed by atoms with E-state index in [0.717, 1.165) is 37.7 Å². The molecule has 3 nitrogen and oxygen atoms in total. The molecule has 0 aromatic heterocycles. The Morgan fingerprint density at radius 2 is 1.90 bits per heavy atom. The molecule has 1 unspecified atom stereocenters. The maximum absolute atomic E-state index is 13.1. The summed E-state index contributed by atoms with van der Waals surface area (Å²) in [5, 5.41) is 6.06. The van der Waals surface area contributed by atoms with E-state index in [1.807, 2.05) is 13.8 Å². The monoisotopic (exact) mass is 278 g/mol. The van der Waals surface area contributed by atoms with Crippen molar-refractivity contribution >= 4 is 6.03 Å². The fourth-order valence-corrected chi connectivity index (χ4v) is 2.81. The fraction of sp³-hybridized carbons (Fsp3) is 0.562. The Hall–Kier alpha value is -1.58. The molecule has 0 heterocycles. The van der Waals surface area contributed by atoms with Crippen molar-refractivity contribution in [3.63, 3.8) is 0 Å². The number of hydrogen-bond acceptors (Lipinski definition) is 1. The Labute approximate surface area is 120 Å². The van der Waals surface area contributed by atoms with Crippen molar-refractivity contribution in [2.45, 2.75) is 57.5 Å². The van der Waals surface area contributed by atoms with Crippen molar-refractivity contribution < 1.29 is 9.18 Å². The first-order valence-electron chi connectivity index (χ1n) is 7.40. The van der Waals surface area contributed by atoms with E-state index >= 15 is 0 Å². The highest BCUT2D eigenvalue weighted by Gasteiger charge is 2.37. The molecule has 1 aromatic carbocycles. The summed E-state index contributed by atoms with van der Waals surface area (Å²) in [6.45, 7) is 4.02. The van der Waals surface area contributed by atoms with Crippen molar-refractivity contribution in [3.05, 3.63) is 35.6 Å². The average molecular weight is 278 g/mol. The molecule has 2 rings (SSSR count). The number of halogens is 1. The molecule has 0 spiro atoms. The van der Waals surface area contributed by atoms with Gasteiger partial charge < -0.3 is 10.6 Å². The van der Waals surface area contributed by atoms with Gasteiger partial charge in [-0.15, -0.1) is 0 Å². The van der Waals surface area contributed by atoms with Crippen molar-refractivity contribution in [2.24, 2.45) is 0 Å². The smallest absolute Gasteiger partial charge is 0.315 e. The number of amides is 2. The zero-order valence-electron chi connectivity index (χ0n) is 12.2. The molecule has 1 aromatic rings. The highest BCUT2D eigenvalue weighted by Crippen LogP contribution is 2.38. The van der Waals surface area contributed by atoms with Crippen LogP contribution in [0, 0.1) is 5.82 Å². The largest absolute Gasteiger partial charge is 0.336 e. The standard InChI is InChI=1S/C16H23FN2O/c1-3-12(2)18-15(20)19-16(10-4-5-11-16)13-6-8-14(17)9-7-13/h6-9,12H,3-5,10-11H2,1-2H3,(H2,18,19,20). The van der Waals surface area contributed by atoms with Crippen LogP contribution in [0.25, 0.3) is 0 Å². The lowest BCUT2D eigenvalue weighted by molar-refractivity contribution is 0.221. The molecule has 2 amide bonds. The Morgan fingerprint density at radius 3 is 2.45 bits per heavy atom. The van der Waals surface area contributed by atoms with E-state index in [0.29, 0.717) is 0 Å². The first-order chi connectivity index (χ1) is 9.55. The highest BCUT2D eigenvalue weighted by molar-refractivity contribution is 5.75. The molecule has 0 bridgehead atoms. The van der Waals surface area contributed by atoms with Gasteiger partial charge in [-0.1, -0.05) is 31.9 Å². The minimum absolute atomic E-state index is 0.134. The first kappa shape index (κ1) is 14.8. The van der Waals surface area contributed by atoms with Gasteiger partial charge in [0, 0.05) is 6.04 Å². The van der Waals surface area contributed by atoms with Crippen LogP contribution in [0.3, 0.4) is 0 Å². The van der Waals surface area contributed by atoms with Crippen molar-refractivity contribution in [1.82, 2.24) is 10.6 Å². The number of carbonyl (C=O) groups excluding carboxylic acids is 1. The summed E-state index contributed by atoms with van der Waals surface area (Å²) < 4.78 is 13.1. The lowest BCUT2D eigenvalue weighted by atomic mass is 9.88. The third-order valence-corrected chi connectivity index (χ3v) is 4.20. The molecule has 0 radical (unpaired) electrons. The third-order valence-electron chi connectivity index (χ3n) is 4.20. The molecule has 4 heteroatoms. The van der Waals surface area contributed by atoms with Gasteiger partial charge >= 0.3 is 6.03 Å². The Bertz CT molecular complexity index is 452. The van der Waals surface area contributed by atoms with Crippen LogP contribution in [0.5, 0.6) is 0 Å². The number of carbonyl (C=O) groups is 1. The number of urea groups is 1. The fourth-order valence-electron chi connectivity index (χ4n) is 2.81. The topological polar surface area (TPSA) is 41.1 Å². The van der Waals surface area contributed by atoms with Gasteiger partial charge in [-0.05, 0) is 43.9 Å². The maximum atomic E-state index is 13.1. The van der Waals surface area contributed by atoms with Crippen molar-refractivity contribution in [2.75, 3.05) is 0 Å². The predicted octanol–water partition coefficient (Wildman–Crippen LogP) is 3.69. The molecule has 20 heavy (non-hydrogen) atoms. The molecule has 1 aliphatic rings. The molecule has 1 atom stereocenters. The van der Waals surface area contributed by atoms with E-state index in [2.05, 4.69) is 10.6 Å². The second-order valence-electron chi connectivity index (χ2n) is 5.70. The van der Waals surface area contributed by atoms with Gasteiger partial charge in [-0.3, -0.25) is 0 Å². The molecule has 2 N–H and O–H groups in total. The third kappa shape index (κ3) is 3.30. The Morgan fingerprint density at radius 1 is 1.30 bits per heavy atom. The van der Waals surface area contributed by atoms with Crippen LogP contribution in [0.15, 0.2) is 24.3 Å². The van der Waals surface area contributed by atoms with Crippen LogP contribution < -0.4 is 10.6 Å². The van der Waals surface area contributed by atoms with Gasteiger partial charge in [-0.25, -0.2) is 9.18 Å². The van der Waals surface area contributed by atoms with Gasteiger partial charge in [0.2, 0.25) is 0 Å². The van der Waals surface area contributed by atoms with Crippen molar-refractivity contribution in [3.8, 4) is 0 Å². The predicted molar refractivity (Wildman–Crippen MR) is 78.0 cm³/mol. The summed E-state index contributed by atoms with van der Waals surface area (Å²) in [5.74, 6) is -0.244. The van der Waals surface area contributed by atoms with Crippen LogP contribution in [0.4, 0.5) is 9.18 Å². The van der Waals surface area contributed by atoms with Crippen LogP contribution in [0.2, 0.25) is 0 Å². The SMILES string of the molecule is CCC(C)NC(=O)NC1(c2ccc(F)cc2)CCCC1. The Balaban J connectivity index is 2.13. The average Bonchev–Trinajstić information content (AvgIpc) is 2.88. The van der Waals surface area contributed by atoms with Crippen LogP contribution in [-0.2, 0) is 5.54 Å². The lowest BCUT2D eigenvalue weighted by Crippen LogP contribution is -2.50. The Kier molecular flexibility index (Phi) is 4.63. The zero-order chi connectivity index (χ0) is 14.6. The summed E-state index contributed by atoms with van der Waals surface area (Å²) >= 11 is 0. The van der Waals surface area contributed by atoms with E-state index in [9.17, 15) is 9.18 Å². The summed E-state index contributed by atoms with van der Waals surface area (Å²) in [7, 11) is 0. The summed E-state index contributed by atoms with van der Waals surface area (Å²) in [6.07, 6.45) is 4.89. The van der Waals surface area contributed by atoms with Crippen LogP contribution >= 0.6 is 0 Å². The molecule has 0 aliphatic heterocycles. The molecular weight excluding hydrogens is 255 g/mol. The van der Waals surface area contributed by atoms with Gasteiger partial charge in [0.05, 0.1) is 5.54 Å². The maximum Gasteiger partial charge on any atom is 0.315 e. The number of hydrogen-bond donors (Lipinski definition) is 2. The molecule has 0 saturated heterocycles. The van der Waals surface area contributed by atoms with E-state index in [4.69, 9.17) is 0 Å². The molecular formula is C16H23FN2O. The van der Waals surface area contributed by atoms with E-state index in [1.165, 1.54) is 12.1 Å². The second-order valence-corrected chi connectivity index (χ2v) is 5.70. The zero-order valence-corrected chi connectivity index (χ0v) is 12.2. The molecule has 1 fully saturated rings. The second kappa shape index (κ2) is 6.25. The number of benzene rings is 1. The van der Waals surface area contributed by atoms with Crippen LogP contribution in [0.1, 0.15) is 51.5 Å². The molecule has 1 saturated carbocycles. The van der Waals surface area contributed by atoms with Gasteiger partial charge in [-0.2, -0.15) is 0 Å². The normalized spacial score (nSPS) is 18.6. The highest BCUT2D eigenvalue weighted by atomic mass is 19.1. The van der Waals surface area contributed by atoms with Crippen molar-refractivity contribution in [1.29, 1.82) is 0 Å².